The fourth-order valence-electron chi connectivity index (χ4n) is 4.18. The van der Waals surface area contributed by atoms with E-state index in [9.17, 15) is 0 Å². The van der Waals surface area contributed by atoms with Gasteiger partial charge in [-0.3, -0.25) is 4.98 Å². The van der Waals surface area contributed by atoms with Crippen LogP contribution < -0.4 is 5.32 Å². The summed E-state index contributed by atoms with van der Waals surface area (Å²) in [5.74, 6) is 0. The Morgan fingerprint density at radius 3 is 2.44 bits per heavy atom. The minimum atomic E-state index is 0.423. The van der Waals surface area contributed by atoms with Crippen molar-refractivity contribution in [3.8, 4) is 0 Å². The van der Waals surface area contributed by atoms with Crippen LogP contribution in [-0.4, -0.2) is 17.6 Å². The maximum absolute atomic E-state index is 4.17. The van der Waals surface area contributed by atoms with E-state index in [1.165, 1.54) is 57.1 Å². The zero-order chi connectivity index (χ0) is 12.1. The zero-order valence-corrected chi connectivity index (χ0v) is 11.0. The molecule has 3 aliphatic carbocycles. The van der Waals surface area contributed by atoms with Crippen LogP contribution >= 0.6 is 0 Å². The summed E-state index contributed by atoms with van der Waals surface area (Å²) in [7, 11) is 0. The molecule has 3 fully saturated rings. The Hall–Kier alpha value is -0.890. The van der Waals surface area contributed by atoms with E-state index in [-0.39, 0.29) is 0 Å². The molecule has 1 aromatic rings. The largest absolute Gasteiger partial charge is 0.313 e. The molecule has 0 aliphatic heterocycles. The standard InChI is InChI=1S/C16H22N2/c1-6-15(7-1)10-16(11-15,12-18-14-2-3-14)13-4-8-17-9-5-13/h4-5,8-9,14,18H,1-3,6-7,10-12H2. The maximum atomic E-state index is 4.17. The molecule has 2 heteroatoms. The lowest BCUT2D eigenvalue weighted by atomic mass is 9.44. The van der Waals surface area contributed by atoms with Gasteiger partial charge in [-0.15, -0.1) is 0 Å². The van der Waals surface area contributed by atoms with Crippen LogP contribution in [0.15, 0.2) is 24.5 Å². The molecule has 4 rings (SSSR count). The summed E-state index contributed by atoms with van der Waals surface area (Å²) >= 11 is 0. The average Bonchev–Trinajstić information content (AvgIpc) is 3.11. The number of hydrogen-bond donors (Lipinski definition) is 1. The van der Waals surface area contributed by atoms with Gasteiger partial charge in [-0.25, -0.2) is 0 Å². The smallest absolute Gasteiger partial charge is 0.0270 e. The van der Waals surface area contributed by atoms with Gasteiger partial charge in [0.1, 0.15) is 0 Å². The van der Waals surface area contributed by atoms with Crippen LogP contribution in [0.25, 0.3) is 0 Å². The third-order valence-corrected chi connectivity index (χ3v) is 5.44. The Bertz CT molecular complexity index is 424. The monoisotopic (exact) mass is 242 g/mol. The number of pyridine rings is 1. The van der Waals surface area contributed by atoms with Gasteiger partial charge in [-0.2, -0.15) is 0 Å². The SMILES string of the molecule is c1cc(C2(CNC3CC3)CC3(CCC3)C2)ccn1. The molecule has 1 aromatic heterocycles. The van der Waals surface area contributed by atoms with E-state index in [0.717, 1.165) is 11.5 Å². The lowest BCUT2D eigenvalue weighted by Crippen LogP contribution is -2.57. The number of nitrogens with one attached hydrogen (secondary N) is 1. The van der Waals surface area contributed by atoms with Crippen LogP contribution in [0.3, 0.4) is 0 Å². The Morgan fingerprint density at radius 2 is 1.89 bits per heavy atom. The second kappa shape index (κ2) is 3.80. The molecule has 1 spiro atoms. The summed E-state index contributed by atoms with van der Waals surface area (Å²) in [5, 5.41) is 3.76. The van der Waals surface area contributed by atoms with Crippen molar-refractivity contribution in [3.63, 3.8) is 0 Å². The van der Waals surface area contributed by atoms with Gasteiger partial charge in [0.25, 0.3) is 0 Å². The van der Waals surface area contributed by atoms with Crippen molar-refractivity contribution >= 4 is 0 Å². The molecule has 0 saturated heterocycles. The Morgan fingerprint density at radius 1 is 1.17 bits per heavy atom. The minimum Gasteiger partial charge on any atom is -0.313 e. The first-order valence-electron chi connectivity index (χ1n) is 7.44. The number of aromatic nitrogens is 1. The number of hydrogen-bond acceptors (Lipinski definition) is 2. The predicted octanol–water partition coefficient (Wildman–Crippen LogP) is 3.04. The molecule has 3 saturated carbocycles. The molecular formula is C16H22N2. The Kier molecular flexibility index (Phi) is 2.32. The van der Waals surface area contributed by atoms with E-state index < -0.39 is 0 Å². The summed E-state index contributed by atoms with van der Waals surface area (Å²) in [5.41, 5.74) is 2.67. The van der Waals surface area contributed by atoms with Crippen molar-refractivity contribution in [3.05, 3.63) is 30.1 Å². The molecule has 1 heterocycles. The summed E-state index contributed by atoms with van der Waals surface area (Å²) in [6.45, 7) is 1.18. The van der Waals surface area contributed by atoms with Gasteiger partial charge in [-0.1, -0.05) is 6.42 Å². The molecule has 0 atom stereocenters. The molecular weight excluding hydrogens is 220 g/mol. The van der Waals surface area contributed by atoms with Crippen LogP contribution in [0.5, 0.6) is 0 Å². The first-order valence-corrected chi connectivity index (χ1v) is 7.44. The highest BCUT2D eigenvalue weighted by atomic mass is 15.0. The molecule has 1 N–H and O–H groups in total. The summed E-state index contributed by atoms with van der Waals surface area (Å²) in [4.78, 5) is 4.17. The van der Waals surface area contributed by atoms with Gasteiger partial charge in [0.2, 0.25) is 0 Å². The quantitative estimate of drug-likeness (QED) is 0.878. The van der Waals surface area contributed by atoms with Crippen LogP contribution in [0.1, 0.15) is 50.5 Å². The van der Waals surface area contributed by atoms with Gasteiger partial charge < -0.3 is 5.32 Å². The summed E-state index contributed by atoms with van der Waals surface area (Å²) in [6.07, 6.45) is 13.9. The molecule has 96 valence electrons. The van der Waals surface area contributed by atoms with Crippen molar-refractivity contribution in [2.75, 3.05) is 6.54 Å². The van der Waals surface area contributed by atoms with Crippen LogP contribution in [0.2, 0.25) is 0 Å². The van der Waals surface area contributed by atoms with E-state index in [0.29, 0.717) is 5.41 Å². The molecule has 0 unspecified atom stereocenters. The third-order valence-electron chi connectivity index (χ3n) is 5.44. The van der Waals surface area contributed by atoms with E-state index in [2.05, 4.69) is 22.4 Å². The first kappa shape index (κ1) is 11.0. The van der Waals surface area contributed by atoms with Crippen LogP contribution in [0.4, 0.5) is 0 Å². The van der Waals surface area contributed by atoms with Crippen molar-refractivity contribution in [2.45, 2.75) is 56.4 Å². The second-order valence-corrected chi connectivity index (χ2v) is 6.88. The molecule has 0 radical (unpaired) electrons. The van der Waals surface area contributed by atoms with Gasteiger partial charge in [0.15, 0.2) is 0 Å². The Balaban J connectivity index is 1.54. The van der Waals surface area contributed by atoms with E-state index in [1.807, 2.05) is 12.4 Å². The summed E-state index contributed by atoms with van der Waals surface area (Å²) in [6, 6.07) is 5.29. The van der Waals surface area contributed by atoms with Crippen molar-refractivity contribution in [1.82, 2.24) is 10.3 Å². The minimum absolute atomic E-state index is 0.423. The Labute approximate surface area is 109 Å². The average molecular weight is 242 g/mol. The highest BCUT2D eigenvalue weighted by Crippen LogP contribution is 2.64. The van der Waals surface area contributed by atoms with E-state index >= 15 is 0 Å². The first-order chi connectivity index (χ1) is 8.80. The van der Waals surface area contributed by atoms with Crippen molar-refractivity contribution in [1.29, 1.82) is 0 Å². The lowest BCUT2D eigenvalue weighted by Gasteiger charge is -2.61. The van der Waals surface area contributed by atoms with Crippen LogP contribution in [-0.2, 0) is 5.41 Å². The van der Waals surface area contributed by atoms with Gasteiger partial charge in [-0.05, 0) is 61.6 Å². The van der Waals surface area contributed by atoms with Crippen molar-refractivity contribution in [2.24, 2.45) is 5.41 Å². The van der Waals surface area contributed by atoms with Crippen molar-refractivity contribution < 1.29 is 0 Å². The van der Waals surface area contributed by atoms with E-state index in [1.54, 1.807) is 0 Å². The zero-order valence-electron chi connectivity index (χ0n) is 11.0. The fourth-order valence-corrected chi connectivity index (χ4v) is 4.18. The normalized spacial score (nSPS) is 27.6. The molecule has 0 bridgehead atoms. The molecule has 2 nitrogen and oxygen atoms in total. The van der Waals surface area contributed by atoms with Gasteiger partial charge in [0.05, 0.1) is 0 Å². The second-order valence-electron chi connectivity index (χ2n) is 6.88. The lowest BCUT2D eigenvalue weighted by molar-refractivity contribution is -0.0484. The molecule has 0 amide bonds. The predicted molar refractivity (Wildman–Crippen MR) is 72.5 cm³/mol. The number of rotatable bonds is 4. The topological polar surface area (TPSA) is 24.9 Å². The third kappa shape index (κ3) is 1.70. The van der Waals surface area contributed by atoms with Crippen LogP contribution in [0, 0.1) is 5.41 Å². The van der Waals surface area contributed by atoms with Gasteiger partial charge in [0, 0.05) is 30.4 Å². The number of nitrogens with zero attached hydrogens (tertiary/aromatic N) is 1. The molecule has 0 aromatic carbocycles. The van der Waals surface area contributed by atoms with Gasteiger partial charge >= 0.3 is 0 Å². The highest BCUT2D eigenvalue weighted by molar-refractivity contribution is 5.31. The molecule has 3 aliphatic rings. The highest BCUT2D eigenvalue weighted by Gasteiger charge is 2.57. The molecule has 18 heavy (non-hydrogen) atoms. The fraction of sp³-hybridized carbons (Fsp3) is 0.688. The maximum Gasteiger partial charge on any atom is 0.0270 e. The van der Waals surface area contributed by atoms with E-state index in [4.69, 9.17) is 0 Å². The summed E-state index contributed by atoms with van der Waals surface area (Å²) < 4.78 is 0.